The van der Waals surface area contributed by atoms with Crippen LogP contribution in [-0.4, -0.2) is 48.7 Å². The minimum atomic E-state index is -4.64. The van der Waals surface area contributed by atoms with Gasteiger partial charge in [-0.3, -0.25) is 0 Å². The average Bonchev–Trinajstić information content (AvgIpc) is 2.52. The Bertz CT molecular complexity index is 669. The monoisotopic (exact) mass is 381 g/mol. The molecular weight excluding hydrogens is 367 g/mol. The van der Waals surface area contributed by atoms with E-state index in [1.165, 1.54) is 6.92 Å². The van der Waals surface area contributed by atoms with Gasteiger partial charge in [0.25, 0.3) is 0 Å². The number of thiocarbonyl (C=S) groups is 1. The Morgan fingerprint density at radius 2 is 2.00 bits per heavy atom. The number of anilines is 1. The minimum absolute atomic E-state index is 0.0621. The molecule has 1 rings (SSSR count). The van der Waals surface area contributed by atoms with E-state index in [-0.39, 0.29) is 12.3 Å². The number of halogens is 3. The first-order chi connectivity index (χ1) is 11.6. The van der Waals surface area contributed by atoms with Crippen LogP contribution in [0, 0.1) is 0 Å². The third kappa shape index (κ3) is 5.74. The highest BCUT2D eigenvalue weighted by atomic mass is 32.1. The number of esters is 1. The maximum absolute atomic E-state index is 12.4. The number of carbonyl (C=O) groups is 2. The van der Waals surface area contributed by atoms with E-state index >= 15 is 0 Å². The molecule has 0 spiro atoms. The summed E-state index contributed by atoms with van der Waals surface area (Å²) < 4.78 is 51.0. The van der Waals surface area contributed by atoms with Crippen LogP contribution < -0.4 is 15.4 Å². The summed E-state index contributed by atoms with van der Waals surface area (Å²) in [5.41, 5.74) is 5.13. The normalized spacial score (nSPS) is 10.8. The summed E-state index contributed by atoms with van der Waals surface area (Å²) in [5, 5.41) is -0.565. The molecule has 2 N–H and O–H groups in total. The summed E-state index contributed by atoms with van der Waals surface area (Å²) >= 11 is 4.71. The number of rotatable bonds is 5. The molecule has 12 heteroatoms. The number of hydrogen-bond donors (Lipinski definition) is 1. The first kappa shape index (κ1) is 20.4. The molecule has 0 aliphatic carbocycles. The van der Waals surface area contributed by atoms with E-state index in [9.17, 15) is 22.8 Å². The molecule has 1 aromatic heterocycles. The van der Waals surface area contributed by atoms with Gasteiger partial charge in [-0.15, -0.1) is 0 Å². The quantitative estimate of drug-likeness (QED) is 0.610. The first-order valence-electron chi connectivity index (χ1n) is 6.66. The molecule has 0 aliphatic rings. The van der Waals surface area contributed by atoms with Crippen molar-refractivity contribution in [3.8, 4) is 5.75 Å². The molecule has 0 atom stereocenters. The van der Waals surface area contributed by atoms with Gasteiger partial charge in [0.15, 0.2) is 29.0 Å². The fourth-order valence-electron chi connectivity index (χ4n) is 1.56. The van der Waals surface area contributed by atoms with Gasteiger partial charge in [-0.25, -0.2) is 19.5 Å². The number of methoxy groups -OCH3 is 1. The molecule has 0 aromatic carbocycles. The van der Waals surface area contributed by atoms with E-state index in [1.54, 1.807) is 0 Å². The van der Waals surface area contributed by atoms with E-state index in [4.69, 9.17) is 22.7 Å². The fourth-order valence-corrected chi connectivity index (χ4v) is 1.72. The Hall–Kier alpha value is -2.63. The Kier molecular flexibility index (Phi) is 6.91. The molecule has 1 heterocycles. The van der Waals surface area contributed by atoms with Gasteiger partial charge in [-0.05, 0) is 31.3 Å². The van der Waals surface area contributed by atoms with Gasteiger partial charge in [-0.2, -0.15) is 13.2 Å². The number of aromatic nitrogens is 1. The van der Waals surface area contributed by atoms with E-state index in [2.05, 4.69) is 14.5 Å². The Morgan fingerprint density at radius 1 is 1.36 bits per heavy atom. The number of pyridine rings is 1. The predicted octanol–water partition coefficient (Wildman–Crippen LogP) is 2.02. The van der Waals surface area contributed by atoms with E-state index in [0.717, 1.165) is 19.2 Å². The Morgan fingerprint density at radius 3 is 2.48 bits per heavy atom. The zero-order chi connectivity index (χ0) is 19.2. The maximum atomic E-state index is 12.4. The fraction of sp³-hybridized carbons (Fsp3) is 0.385. The molecule has 0 radical (unpaired) electrons. The van der Waals surface area contributed by atoms with Crippen molar-refractivity contribution in [1.29, 1.82) is 0 Å². The second-order valence-electron chi connectivity index (χ2n) is 4.29. The molecule has 0 unspecified atom stereocenters. The molecular formula is C13H14F3N3O5S. The van der Waals surface area contributed by atoms with Crippen LogP contribution in [0.3, 0.4) is 0 Å². The Balaban J connectivity index is 3.39. The Labute approximate surface area is 145 Å². The topological polar surface area (TPSA) is 104 Å². The SMILES string of the molecule is CCOC(=O)N(C(N)=S)c1nc(C(=O)OC)ccc1OCC(F)(F)F. The van der Waals surface area contributed by atoms with Gasteiger partial charge in [0.05, 0.1) is 13.7 Å². The zero-order valence-electron chi connectivity index (χ0n) is 13.1. The first-order valence-corrected chi connectivity index (χ1v) is 7.06. The standard InChI is InChI=1S/C13H14F3N3O5S/c1-3-23-12(21)19(11(17)25)9-8(24-6-13(14,15)16)5-4-7(18-9)10(20)22-2/h4-5H,3,6H2,1-2H3,(H2,17,25). The summed E-state index contributed by atoms with van der Waals surface area (Å²) in [6.07, 6.45) is -5.74. The van der Waals surface area contributed by atoms with E-state index < -0.39 is 41.5 Å². The van der Waals surface area contributed by atoms with E-state index in [0.29, 0.717) is 4.90 Å². The molecule has 0 bridgehead atoms. The van der Waals surface area contributed by atoms with Gasteiger partial charge in [0, 0.05) is 0 Å². The lowest BCUT2D eigenvalue weighted by Crippen LogP contribution is -2.42. The number of carbonyl (C=O) groups excluding carboxylic acids is 2. The highest BCUT2D eigenvalue weighted by Gasteiger charge is 2.31. The smallest absolute Gasteiger partial charge is 0.422 e. The van der Waals surface area contributed by atoms with Crippen LogP contribution in [-0.2, 0) is 9.47 Å². The minimum Gasteiger partial charge on any atom is -0.480 e. The second-order valence-corrected chi connectivity index (χ2v) is 4.70. The molecule has 1 aromatic rings. The number of ether oxygens (including phenoxy) is 3. The van der Waals surface area contributed by atoms with Crippen molar-refractivity contribution in [1.82, 2.24) is 4.98 Å². The molecule has 1 amide bonds. The maximum Gasteiger partial charge on any atom is 0.422 e. The van der Waals surface area contributed by atoms with Crippen molar-refractivity contribution in [2.75, 3.05) is 25.2 Å². The van der Waals surface area contributed by atoms with Crippen LogP contribution in [0.4, 0.5) is 23.8 Å². The largest absolute Gasteiger partial charge is 0.480 e. The summed E-state index contributed by atoms with van der Waals surface area (Å²) in [4.78, 5) is 27.8. The molecule has 0 aliphatic heterocycles. The van der Waals surface area contributed by atoms with Gasteiger partial charge < -0.3 is 19.9 Å². The molecule has 0 fully saturated rings. The van der Waals surface area contributed by atoms with Crippen LogP contribution in [0.25, 0.3) is 0 Å². The van der Waals surface area contributed by atoms with Crippen molar-refractivity contribution in [3.63, 3.8) is 0 Å². The molecule has 25 heavy (non-hydrogen) atoms. The number of alkyl halides is 3. The molecule has 138 valence electrons. The summed E-state index contributed by atoms with van der Waals surface area (Å²) in [5.74, 6) is -1.90. The van der Waals surface area contributed by atoms with Crippen LogP contribution >= 0.6 is 12.2 Å². The third-order valence-corrected chi connectivity index (χ3v) is 2.69. The molecule has 8 nitrogen and oxygen atoms in total. The molecule has 0 saturated carbocycles. The predicted molar refractivity (Wildman–Crippen MR) is 83.4 cm³/mol. The van der Waals surface area contributed by atoms with Crippen molar-refractivity contribution in [2.45, 2.75) is 13.1 Å². The van der Waals surface area contributed by atoms with Gasteiger partial charge >= 0.3 is 18.2 Å². The van der Waals surface area contributed by atoms with Crippen LogP contribution in [0.15, 0.2) is 12.1 Å². The van der Waals surface area contributed by atoms with E-state index in [1.807, 2.05) is 0 Å². The van der Waals surface area contributed by atoms with Crippen LogP contribution in [0.2, 0.25) is 0 Å². The lowest BCUT2D eigenvalue weighted by molar-refractivity contribution is -0.153. The second kappa shape index (κ2) is 8.46. The number of nitrogens with zero attached hydrogens (tertiary/aromatic N) is 2. The van der Waals surface area contributed by atoms with Gasteiger partial charge in [-0.1, -0.05) is 0 Å². The van der Waals surface area contributed by atoms with Gasteiger partial charge in [0.2, 0.25) is 0 Å². The van der Waals surface area contributed by atoms with Crippen LogP contribution in [0.5, 0.6) is 5.75 Å². The lowest BCUT2D eigenvalue weighted by Gasteiger charge is -2.22. The summed E-state index contributed by atoms with van der Waals surface area (Å²) in [7, 11) is 1.08. The van der Waals surface area contributed by atoms with Crippen molar-refractivity contribution in [3.05, 3.63) is 17.8 Å². The van der Waals surface area contributed by atoms with Crippen molar-refractivity contribution < 1.29 is 37.0 Å². The number of nitrogens with two attached hydrogens (primary N) is 1. The third-order valence-electron chi connectivity index (χ3n) is 2.51. The lowest BCUT2D eigenvalue weighted by atomic mass is 10.3. The summed E-state index contributed by atoms with van der Waals surface area (Å²) in [6.45, 7) is -0.227. The molecule has 0 saturated heterocycles. The number of amides is 1. The van der Waals surface area contributed by atoms with Crippen LogP contribution in [0.1, 0.15) is 17.4 Å². The van der Waals surface area contributed by atoms with Crippen molar-refractivity contribution >= 4 is 35.2 Å². The summed E-state index contributed by atoms with van der Waals surface area (Å²) in [6, 6.07) is 2.06. The average molecular weight is 381 g/mol. The van der Waals surface area contributed by atoms with Crippen molar-refractivity contribution in [2.24, 2.45) is 5.73 Å². The highest BCUT2D eigenvalue weighted by Crippen LogP contribution is 2.29. The zero-order valence-corrected chi connectivity index (χ0v) is 13.9. The van der Waals surface area contributed by atoms with Gasteiger partial charge in [0.1, 0.15) is 0 Å². The highest BCUT2D eigenvalue weighted by molar-refractivity contribution is 7.80. The number of hydrogen-bond acceptors (Lipinski definition) is 7.